The molecule has 0 aromatic carbocycles. The van der Waals surface area contributed by atoms with Crippen LogP contribution < -0.4 is 0 Å². The topological polar surface area (TPSA) is 36.9 Å². The fourth-order valence-electron chi connectivity index (χ4n) is 0.678. The molecule has 0 aromatic rings. The van der Waals surface area contributed by atoms with Crippen LogP contribution in [0, 0.1) is 0 Å². The lowest BCUT2D eigenvalue weighted by atomic mass is 10.5. The molecule has 12 heavy (non-hydrogen) atoms. The summed E-state index contributed by atoms with van der Waals surface area (Å²) in [5, 5.41) is 0. The molecule has 0 aromatic heterocycles. The highest BCUT2D eigenvalue weighted by Crippen LogP contribution is 2.08. The van der Waals surface area contributed by atoms with Gasteiger partial charge in [-0.1, -0.05) is 22.6 Å². The maximum Gasteiger partial charge on any atom is 0.678 e. The lowest BCUT2D eigenvalue weighted by molar-refractivity contribution is 0.00637. The molecule has 0 unspecified atom stereocenters. The fraction of sp³-hybridized carbons (Fsp3) is 1.00. The van der Waals surface area contributed by atoms with Crippen molar-refractivity contribution in [2.45, 2.75) is 6.42 Å². The Bertz CT molecular complexity index is 101. The second-order valence-electron chi connectivity index (χ2n) is 2.00. The maximum atomic E-state index is 5.39. The summed E-state index contributed by atoms with van der Waals surface area (Å²) in [7, 11) is 1.84. The zero-order chi connectivity index (χ0) is 9.45. The zero-order valence-corrected chi connectivity index (χ0v) is 10.8. The molecule has 0 aliphatic rings. The average Bonchev–Trinajstić information content (AvgIpc) is 2.14. The molecule has 0 saturated heterocycles. The quantitative estimate of drug-likeness (QED) is 0.307. The molecule has 0 heterocycles. The summed E-state index contributed by atoms with van der Waals surface area (Å²) in [6.45, 7) is 0.616. The van der Waals surface area contributed by atoms with E-state index in [1.807, 2.05) is 0 Å². The molecule has 74 valence electrons. The van der Waals surface area contributed by atoms with Gasteiger partial charge in [-0.3, -0.25) is 0 Å². The van der Waals surface area contributed by atoms with Crippen molar-refractivity contribution in [2.75, 3.05) is 32.4 Å². The molecule has 0 rings (SSSR count). The van der Waals surface area contributed by atoms with Crippen LogP contribution in [0.3, 0.4) is 0 Å². The Labute approximate surface area is 88.2 Å². The second kappa shape index (κ2) is 7.22. The Morgan fingerprint density at radius 1 is 1.08 bits per heavy atom. The van der Waals surface area contributed by atoms with E-state index < -0.39 is 9.05 Å². The van der Waals surface area contributed by atoms with Crippen molar-refractivity contribution >= 4 is 31.6 Å². The van der Waals surface area contributed by atoms with Gasteiger partial charge >= 0.3 is 9.05 Å². The molecule has 0 bridgehead atoms. The molecular weight excluding hydrogens is 291 g/mol. The normalized spacial score (nSPS) is 12.0. The van der Waals surface area contributed by atoms with E-state index in [4.69, 9.17) is 17.7 Å². The number of alkyl halides is 1. The Morgan fingerprint density at radius 3 is 1.92 bits per heavy atom. The van der Waals surface area contributed by atoms with E-state index in [1.165, 1.54) is 21.3 Å². The summed E-state index contributed by atoms with van der Waals surface area (Å²) in [5.41, 5.74) is 0. The third kappa shape index (κ3) is 4.15. The summed E-state index contributed by atoms with van der Waals surface area (Å²) in [4.78, 5) is 0. The molecular formula is C6H15IO4Si. The van der Waals surface area contributed by atoms with E-state index in [9.17, 15) is 0 Å². The largest absolute Gasteiger partial charge is 0.678 e. The van der Waals surface area contributed by atoms with Crippen LogP contribution in [0.5, 0.6) is 0 Å². The molecule has 0 spiro atoms. The molecule has 0 fully saturated rings. The van der Waals surface area contributed by atoms with Gasteiger partial charge in [-0.05, 0) is 6.42 Å². The van der Waals surface area contributed by atoms with E-state index in [2.05, 4.69) is 22.6 Å². The van der Waals surface area contributed by atoms with Gasteiger partial charge in [-0.15, -0.1) is 0 Å². The first-order chi connectivity index (χ1) is 5.74. The minimum absolute atomic E-state index is 0.616. The SMILES string of the molecule is CO[Si](OC)(OC)OCCCI. The average molecular weight is 306 g/mol. The molecule has 0 N–H and O–H groups in total. The van der Waals surface area contributed by atoms with E-state index in [-0.39, 0.29) is 0 Å². The molecule has 0 aliphatic carbocycles. The van der Waals surface area contributed by atoms with Crippen molar-refractivity contribution in [3.63, 3.8) is 0 Å². The first-order valence-corrected chi connectivity index (χ1v) is 6.76. The highest BCUT2D eigenvalue weighted by Gasteiger charge is 2.41. The molecule has 0 radical (unpaired) electrons. The minimum Gasteiger partial charge on any atom is -0.355 e. The van der Waals surface area contributed by atoms with Crippen molar-refractivity contribution in [1.82, 2.24) is 0 Å². The van der Waals surface area contributed by atoms with Gasteiger partial charge in [0.1, 0.15) is 0 Å². The second-order valence-corrected chi connectivity index (χ2v) is 5.60. The summed E-state index contributed by atoms with van der Waals surface area (Å²) >= 11 is 2.29. The van der Waals surface area contributed by atoms with Gasteiger partial charge in [0.2, 0.25) is 0 Å². The number of hydrogen-bond acceptors (Lipinski definition) is 4. The van der Waals surface area contributed by atoms with Crippen LogP contribution in [0.25, 0.3) is 0 Å². The van der Waals surface area contributed by atoms with Crippen LogP contribution in [-0.4, -0.2) is 41.4 Å². The summed E-state index contributed by atoms with van der Waals surface area (Å²) in [6, 6.07) is 0. The van der Waals surface area contributed by atoms with Gasteiger partial charge in [0.15, 0.2) is 0 Å². The van der Waals surface area contributed by atoms with Crippen LogP contribution in [0.4, 0.5) is 0 Å². The summed E-state index contributed by atoms with van der Waals surface area (Å²) < 4.78 is 21.6. The van der Waals surface area contributed by atoms with Crippen molar-refractivity contribution in [3.05, 3.63) is 0 Å². The van der Waals surface area contributed by atoms with Crippen molar-refractivity contribution in [1.29, 1.82) is 0 Å². The van der Waals surface area contributed by atoms with E-state index in [0.717, 1.165) is 10.8 Å². The minimum atomic E-state index is -2.76. The number of rotatable bonds is 7. The van der Waals surface area contributed by atoms with Gasteiger partial charge in [-0.2, -0.15) is 0 Å². The molecule has 0 atom stereocenters. The Balaban J connectivity index is 3.76. The van der Waals surface area contributed by atoms with Crippen LogP contribution >= 0.6 is 22.6 Å². The lowest BCUT2D eigenvalue weighted by Gasteiger charge is -2.22. The molecule has 0 aliphatic heterocycles. The first kappa shape index (κ1) is 12.8. The van der Waals surface area contributed by atoms with Gasteiger partial charge < -0.3 is 17.7 Å². The molecule has 0 amide bonds. The van der Waals surface area contributed by atoms with Gasteiger partial charge in [0, 0.05) is 32.4 Å². The van der Waals surface area contributed by atoms with Crippen molar-refractivity contribution in [2.24, 2.45) is 0 Å². The first-order valence-electron chi connectivity index (χ1n) is 3.60. The van der Waals surface area contributed by atoms with Crippen LogP contribution in [0.15, 0.2) is 0 Å². The standard InChI is InChI=1S/C6H15IO4Si/c1-8-12(9-2,10-3)11-6-4-5-7/h4-6H2,1-3H3. The highest BCUT2D eigenvalue weighted by molar-refractivity contribution is 14.1. The predicted octanol–water partition coefficient (Wildman–Crippen LogP) is 1.20. The van der Waals surface area contributed by atoms with Gasteiger partial charge in [0.05, 0.1) is 0 Å². The Morgan fingerprint density at radius 2 is 1.58 bits per heavy atom. The smallest absolute Gasteiger partial charge is 0.355 e. The van der Waals surface area contributed by atoms with E-state index in [0.29, 0.717) is 6.61 Å². The number of hydrogen-bond donors (Lipinski definition) is 0. The summed E-state index contributed by atoms with van der Waals surface area (Å²) in [5.74, 6) is 0. The monoisotopic (exact) mass is 306 g/mol. The highest BCUT2D eigenvalue weighted by atomic mass is 127. The number of halogens is 1. The molecule has 0 saturated carbocycles. The lowest BCUT2D eigenvalue weighted by Crippen LogP contribution is -2.46. The molecule has 4 nitrogen and oxygen atoms in total. The van der Waals surface area contributed by atoms with Crippen molar-refractivity contribution in [3.8, 4) is 0 Å². The third-order valence-corrected chi connectivity index (χ3v) is 4.13. The van der Waals surface area contributed by atoms with E-state index >= 15 is 0 Å². The van der Waals surface area contributed by atoms with Gasteiger partial charge in [0.25, 0.3) is 0 Å². The third-order valence-electron chi connectivity index (χ3n) is 1.31. The zero-order valence-electron chi connectivity index (χ0n) is 7.63. The van der Waals surface area contributed by atoms with Crippen LogP contribution in [0.2, 0.25) is 0 Å². The Hall–Kier alpha value is 0.787. The van der Waals surface area contributed by atoms with Gasteiger partial charge in [-0.25, -0.2) is 0 Å². The summed E-state index contributed by atoms with van der Waals surface area (Å²) in [6.07, 6.45) is 0.978. The maximum absolute atomic E-state index is 5.39. The van der Waals surface area contributed by atoms with Crippen molar-refractivity contribution < 1.29 is 17.7 Å². The van der Waals surface area contributed by atoms with Crippen LogP contribution in [0.1, 0.15) is 6.42 Å². The molecule has 6 heteroatoms. The fourth-order valence-corrected chi connectivity index (χ4v) is 2.24. The van der Waals surface area contributed by atoms with Crippen LogP contribution in [-0.2, 0) is 17.7 Å². The van der Waals surface area contributed by atoms with E-state index in [1.54, 1.807) is 0 Å². The predicted molar refractivity (Wildman–Crippen MR) is 56.2 cm³/mol. The Kier molecular flexibility index (Phi) is 7.69.